The maximum atomic E-state index is 6.50. The second-order valence-electron chi connectivity index (χ2n) is 12.5. The van der Waals surface area contributed by atoms with Gasteiger partial charge in [-0.1, -0.05) is 146 Å². The van der Waals surface area contributed by atoms with E-state index in [9.17, 15) is 0 Å². The first-order valence-corrected chi connectivity index (χ1v) is 16.7. The molecule has 1 aromatic heterocycles. The largest absolute Gasteiger partial charge is 0.453 e. The standard InChI is InChI=1S/C45H28N4O/c1-2-14-30(15-3-1)43-46-44(38-24-12-22-36-35(21-11-23-37(36)38)34-20-10-18-29-13-6-7-19-33(29)34)48-45(47-43)49-39-25-8-9-26-41(39)50-42-28-32-17-5-4-16-31(32)27-40(42)49/h1-28H. The van der Waals surface area contributed by atoms with Gasteiger partial charge in [-0.2, -0.15) is 9.97 Å². The fourth-order valence-corrected chi connectivity index (χ4v) is 7.16. The zero-order valence-corrected chi connectivity index (χ0v) is 26.9. The number of rotatable bonds is 4. The Morgan fingerprint density at radius 3 is 1.80 bits per heavy atom. The highest BCUT2D eigenvalue weighted by Gasteiger charge is 2.29. The summed E-state index contributed by atoms with van der Waals surface area (Å²) in [6.45, 7) is 0. The van der Waals surface area contributed by atoms with Crippen molar-refractivity contribution in [3.63, 3.8) is 0 Å². The van der Waals surface area contributed by atoms with Crippen molar-refractivity contribution in [3.8, 4) is 45.4 Å². The molecule has 8 aromatic carbocycles. The van der Waals surface area contributed by atoms with Crippen LogP contribution in [0.4, 0.5) is 17.3 Å². The molecule has 0 spiro atoms. The van der Waals surface area contributed by atoms with Crippen molar-refractivity contribution in [3.05, 3.63) is 170 Å². The number of para-hydroxylation sites is 2. The molecule has 0 radical (unpaired) electrons. The van der Waals surface area contributed by atoms with Gasteiger partial charge in [0.1, 0.15) is 0 Å². The van der Waals surface area contributed by atoms with Gasteiger partial charge in [0, 0.05) is 11.1 Å². The van der Waals surface area contributed by atoms with Gasteiger partial charge in [-0.25, -0.2) is 4.98 Å². The monoisotopic (exact) mass is 640 g/mol. The van der Waals surface area contributed by atoms with Crippen molar-refractivity contribution in [2.75, 3.05) is 4.90 Å². The molecule has 0 N–H and O–H groups in total. The lowest BCUT2D eigenvalue weighted by Gasteiger charge is -2.31. The van der Waals surface area contributed by atoms with Crippen LogP contribution in [-0.4, -0.2) is 15.0 Å². The van der Waals surface area contributed by atoms with E-state index in [2.05, 4.69) is 114 Å². The Hall–Kier alpha value is -6.85. The van der Waals surface area contributed by atoms with Gasteiger partial charge >= 0.3 is 0 Å². The molecule has 0 amide bonds. The molecule has 0 unspecified atom stereocenters. The molecule has 9 aromatic rings. The summed E-state index contributed by atoms with van der Waals surface area (Å²) in [6, 6.07) is 58.7. The summed E-state index contributed by atoms with van der Waals surface area (Å²) in [7, 11) is 0. The Bertz CT molecular complexity index is 2750. The van der Waals surface area contributed by atoms with Crippen LogP contribution in [-0.2, 0) is 0 Å². The number of nitrogens with zero attached hydrogens (tertiary/aromatic N) is 4. The lowest BCUT2D eigenvalue weighted by molar-refractivity contribution is 0.477. The molecule has 1 aliphatic heterocycles. The third-order valence-corrected chi connectivity index (χ3v) is 9.49. The summed E-state index contributed by atoms with van der Waals surface area (Å²) in [4.78, 5) is 17.7. The minimum absolute atomic E-state index is 0.517. The summed E-state index contributed by atoms with van der Waals surface area (Å²) in [5, 5.41) is 6.85. The average Bonchev–Trinajstić information content (AvgIpc) is 3.18. The Kier molecular flexibility index (Phi) is 6.42. The van der Waals surface area contributed by atoms with E-state index in [-0.39, 0.29) is 0 Å². The Balaban J connectivity index is 1.22. The first-order valence-electron chi connectivity index (χ1n) is 16.7. The van der Waals surface area contributed by atoms with E-state index in [4.69, 9.17) is 19.7 Å². The van der Waals surface area contributed by atoms with E-state index >= 15 is 0 Å². The first kappa shape index (κ1) is 28.2. The predicted molar refractivity (Wildman–Crippen MR) is 203 cm³/mol. The molecule has 0 saturated carbocycles. The predicted octanol–water partition coefficient (Wildman–Crippen LogP) is 11.9. The fourth-order valence-electron chi connectivity index (χ4n) is 7.16. The lowest BCUT2D eigenvalue weighted by atomic mass is 9.92. The molecule has 0 atom stereocenters. The van der Waals surface area contributed by atoms with Crippen LogP contribution in [0.1, 0.15) is 0 Å². The zero-order chi connectivity index (χ0) is 33.0. The molecule has 5 heteroatoms. The van der Waals surface area contributed by atoms with Crippen LogP contribution < -0.4 is 9.64 Å². The van der Waals surface area contributed by atoms with E-state index in [1.165, 1.54) is 21.9 Å². The number of hydrogen-bond acceptors (Lipinski definition) is 5. The molecule has 50 heavy (non-hydrogen) atoms. The average molecular weight is 641 g/mol. The van der Waals surface area contributed by atoms with Gasteiger partial charge in [-0.15, -0.1) is 0 Å². The number of aromatic nitrogens is 3. The molecule has 0 aliphatic carbocycles. The smallest absolute Gasteiger partial charge is 0.239 e. The van der Waals surface area contributed by atoms with Crippen molar-refractivity contribution in [1.29, 1.82) is 0 Å². The van der Waals surface area contributed by atoms with E-state index in [0.29, 0.717) is 17.6 Å². The summed E-state index contributed by atoms with van der Waals surface area (Å²) in [5.74, 6) is 3.20. The molecule has 0 saturated heterocycles. The number of fused-ring (bicyclic) bond motifs is 5. The molecular formula is C45H28N4O. The quantitative estimate of drug-likeness (QED) is 0.192. The van der Waals surface area contributed by atoms with Crippen LogP contribution >= 0.6 is 0 Å². The van der Waals surface area contributed by atoms with Crippen molar-refractivity contribution in [1.82, 2.24) is 15.0 Å². The SMILES string of the molecule is c1ccc(-c2nc(-c3cccc4c(-c5cccc6ccccc56)cccc34)nc(N3c4ccccc4Oc4cc5ccccc5cc43)n2)cc1. The normalized spacial score (nSPS) is 12.1. The van der Waals surface area contributed by atoms with E-state index in [0.717, 1.165) is 55.5 Å². The van der Waals surface area contributed by atoms with Gasteiger partial charge in [-0.3, -0.25) is 4.90 Å². The van der Waals surface area contributed by atoms with Crippen molar-refractivity contribution in [2.24, 2.45) is 0 Å². The van der Waals surface area contributed by atoms with Crippen LogP contribution in [0.3, 0.4) is 0 Å². The van der Waals surface area contributed by atoms with Crippen LogP contribution in [0.2, 0.25) is 0 Å². The maximum absolute atomic E-state index is 6.50. The van der Waals surface area contributed by atoms with Gasteiger partial charge in [0.25, 0.3) is 0 Å². The third-order valence-electron chi connectivity index (χ3n) is 9.49. The first-order chi connectivity index (χ1) is 24.8. The van der Waals surface area contributed by atoms with Crippen LogP contribution in [0.15, 0.2) is 170 Å². The second-order valence-corrected chi connectivity index (χ2v) is 12.5. The number of hydrogen-bond donors (Lipinski definition) is 0. The van der Waals surface area contributed by atoms with Gasteiger partial charge in [-0.05, 0) is 67.7 Å². The summed E-state index contributed by atoms with van der Waals surface area (Å²) >= 11 is 0. The number of anilines is 3. The molecule has 2 heterocycles. The molecule has 10 rings (SSSR count). The van der Waals surface area contributed by atoms with E-state index < -0.39 is 0 Å². The lowest BCUT2D eigenvalue weighted by Crippen LogP contribution is -2.19. The topological polar surface area (TPSA) is 51.1 Å². The van der Waals surface area contributed by atoms with Gasteiger partial charge in [0.15, 0.2) is 23.1 Å². The zero-order valence-electron chi connectivity index (χ0n) is 26.9. The molecule has 0 fully saturated rings. The highest BCUT2D eigenvalue weighted by atomic mass is 16.5. The highest BCUT2D eigenvalue weighted by molar-refractivity contribution is 6.09. The van der Waals surface area contributed by atoms with Gasteiger partial charge in [0.05, 0.1) is 11.4 Å². The van der Waals surface area contributed by atoms with Crippen molar-refractivity contribution < 1.29 is 4.74 Å². The van der Waals surface area contributed by atoms with Crippen LogP contribution in [0, 0.1) is 0 Å². The maximum Gasteiger partial charge on any atom is 0.239 e. The van der Waals surface area contributed by atoms with Crippen LogP contribution in [0.5, 0.6) is 11.5 Å². The van der Waals surface area contributed by atoms with Crippen LogP contribution in [0.25, 0.3) is 66.2 Å². The van der Waals surface area contributed by atoms with E-state index in [1.54, 1.807) is 0 Å². The Morgan fingerprint density at radius 1 is 0.380 bits per heavy atom. The molecule has 1 aliphatic rings. The number of benzene rings is 8. The van der Waals surface area contributed by atoms with Crippen molar-refractivity contribution >= 4 is 49.6 Å². The van der Waals surface area contributed by atoms with Gasteiger partial charge < -0.3 is 4.74 Å². The Morgan fingerprint density at radius 2 is 0.960 bits per heavy atom. The minimum Gasteiger partial charge on any atom is -0.453 e. The van der Waals surface area contributed by atoms with Gasteiger partial charge in [0.2, 0.25) is 5.95 Å². The molecule has 0 bridgehead atoms. The summed E-state index contributed by atoms with van der Waals surface area (Å²) < 4.78 is 6.50. The highest BCUT2D eigenvalue weighted by Crippen LogP contribution is 2.51. The molecule has 5 nitrogen and oxygen atoms in total. The fraction of sp³-hybridized carbons (Fsp3) is 0. The Labute approximate surface area is 288 Å². The molecule has 234 valence electrons. The minimum atomic E-state index is 0.517. The molecular weight excluding hydrogens is 613 g/mol. The summed E-state index contributed by atoms with van der Waals surface area (Å²) in [5.41, 5.74) is 5.94. The third kappa shape index (κ3) is 4.60. The van der Waals surface area contributed by atoms with E-state index in [1.807, 2.05) is 60.7 Å². The van der Waals surface area contributed by atoms with Crippen molar-refractivity contribution in [2.45, 2.75) is 0 Å². The summed E-state index contributed by atoms with van der Waals surface area (Å²) in [6.07, 6.45) is 0. The second kappa shape index (κ2) is 11.4. The number of ether oxygens (including phenoxy) is 1.